The number of hydrogen-bond acceptors (Lipinski definition) is 1. The quantitative estimate of drug-likeness (QED) is 0.721. The van der Waals surface area contributed by atoms with E-state index in [1.807, 2.05) is 0 Å². The number of nitrogens with zero attached hydrogens (tertiary/aromatic N) is 1. The number of benzene rings is 1. The molecule has 0 radical (unpaired) electrons. The molecule has 1 nitrogen and oxygen atoms in total. The van der Waals surface area contributed by atoms with E-state index in [2.05, 4.69) is 36.2 Å². The molecule has 0 unspecified atom stereocenters. The van der Waals surface area contributed by atoms with Gasteiger partial charge in [-0.1, -0.05) is 43.5 Å². The zero-order chi connectivity index (χ0) is 13.6. The highest BCUT2D eigenvalue weighted by atomic mass is 15.2. The van der Waals surface area contributed by atoms with Crippen molar-refractivity contribution in [2.75, 3.05) is 13.6 Å². The molecule has 1 aliphatic heterocycles. The van der Waals surface area contributed by atoms with Crippen LogP contribution >= 0.6 is 0 Å². The summed E-state index contributed by atoms with van der Waals surface area (Å²) in [7, 11) is 2.36. The van der Waals surface area contributed by atoms with Crippen LogP contribution in [0.5, 0.6) is 0 Å². The maximum absolute atomic E-state index is 2.67. The van der Waals surface area contributed by atoms with Crippen molar-refractivity contribution in [1.82, 2.24) is 4.90 Å². The molecular weight excluding hydrogens is 242 g/mol. The van der Waals surface area contributed by atoms with Crippen molar-refractivity contribution in [3.63, 3.8) is 0 Å². The fourth-order valence-corrected chi connectivity index (χ4v) is 5.66. The Kier molecular flexibility index (Phi) is 3.14. The van der Waals surface area contributed by atoms with Gasteiger partial charge in [-0.05, 0) is 68.2 Å². The van der Waals surface area contributed by atoms with Crippen molar-refractivity contribution in [2.24, 2.45) is 11.3 Å². The summed E-state index contributed by atoms with van der Waals surface area (Å²) in [5.41, 5.74) is 3.87. The SMILES string of the molecule is CN1CCC[C@]2(C3CCCCC3)Cc3ccccc3[C@@H]12. The summed E-state index contributed by atoms with van der Waals surface area (Å²) in [6, 6.07) is 10.00. The maximum Gasteiger partial charge on any atom is 0.0409 e. The second kappa shape index (κ2) is 4.87. The van der Waals surface area contributed by atoms with Gasteiger partial charge >= 0.3 is 0 Å². The lowest BCUT2D eigenvalue weighted by Crippen LogP contribution is -2.47. The molecule has 0 amide bonds. The Bertz CT molecular complexity index is 488. The van der Waals surface area contributed by atoms with Crippen molar-refractivity contribution < 1.29 is 0 Å². The van der Waals surface area contributed by atoms with Crippen LogP contribution in [0.25, 0.3) is 0 Å². The predicted octanol–water partition coefficient (Wildman–Crippen LogP) is 4.58. The zero-order valence-corrected chi connectivity index (χ0v) is 12.8. The number of piperidine rings is 1. The molecule has 1 aromatic carbocycles. The molecule has 1 saturated carbocycles. The molecule has 1 heteroatoms. The van der Waals surface area contributed by atoms with Crippen molar-refractivity contribution in [2.45, 2.75) is 57.4 Å². The average molecular weight is 269 g/mol. The van der Waals surface area contributed by atoms with Crippen molar-refractivity contribution in [3.05, 3.63) is 35.4 Å². The van der Waals surface area contributed by atoms with E-state index in [4.69, 9.17) is 0 Å². The highest BCUT2D eigenvalue weighted by Crippen LogP contribution is 2.60. The Labute approximate surface area is 123 Å². The Hall–Kier alpha value is -0.820. The lowest BCUT2D eigenvalue weighted by Gasteiger charge is -2.51. The minimum Gasteiger partial charge on any atom is -0.299 e. The summed E-state index contributed by atoms with van der Waals surface area (Å²) in [5, 5.41) is 0. The molecule has 0 spiro atoms. The number of fused-ring (bicyclic) bond motifs is 3. The van der Waals surface area contributed by atoms with Gasteiger partial charge in [0, 0.05) is 6.04 Å². The Balaban J connectivity index is 1.77. The first-order valence-electron chi connectivity index (χ1n) is 8.59. The number of likely N-dealkylation sites (tertiary alicyclic amines) is 1. The van der Waals surface area contributed by atoms with E-state index in [0.29, 0.717) is 11.5 Å². The van der Waals surface area contributed by atoms with Crippen LogP contribution in [-0.2, 0) is 6.42 Å². The molecule has 0 N–H and O–H groups in total. The molecule has 1 aromatic rings. The van der Waals surface area contributed by atoms with Crippen LogP contribution in [0.1, 0.15) is 62.1 Å². The summed E-state index contributed by atoms with van der Waals surface area (Å²) in [6.45, 7) is 1.29. The van der Waals surface area contributed by atoms with Gasteiger partial charge in [-0.2, -0.15) is 0 Å². The van der Waals surface area contributed by atoms with Crippen molar-refractivity contribution in [3.8, 4) is 0 Å². The van der Waals surface area contributed by atoms with Gasteiger partial charge in [-0.15, -0.1) is 0 Å². The van der Waals surface area contributed by atoms with Crippen LogP contribution in [0.2, 0.25) is 0 Å². The van der Waals surface area contributed by atoms with Crippen LogP contribution in [0.15, 0.2) is 24.3 Å². The van der Waals surface area contributed by atoms with Gasteiger partial charge in [0.1, 0.15) is 0 Å². The molecule has 1 heterocycles. The van der Waals surface area contributed by atoms with Gasteiger partial charge in [0.05, 0.1) is 0 Å². The lowest BCUT2D eigenvalue weighted by molar-refractivity contribution is -0.0199. The van der Waals surface area contributed by atoms with Crippen molar-refractivity contribution in [1.29, 1.82) is 0 Å². The Morgan fingerprint density at radius 1 is 1.05 bits per heavy atom. The monoisotopic (exact) mass is 269 g/mol. The first-order valence-corrected chi connectivity index (χ1v) is 8.59. The third-order valence-electron chi connectivity index (χ3n) is 6.43. The summed E-state index contributed by atoms with van der Waals surface area (Å²) in [5.74, 6) is 0.969. The van der Waals surface area contributed by atoms with Gasteiger partial charge < -0.3 is 0 Å². The van der Waals surface area contributed by atoms with Crippen LogP contribution in [0, 0.1) is 11.3 Å². The third kappa shape index (κ3) is 1.79. The van der Waals surface area contributed by atoms with Crippen LogP contribution < -0.4 is 0 Å². The minimum absolute atomic E-state index is 0.567. The van der Waals surface area contributed by atoms with Gasteiger partial charge in [0.15, 0.2) is 0 Å². The van der Waals surface area contributed by atoms with Crippen LogP contribution in [0.3, 0.4) is 0 Å². The average Bonchev–Trinajstić information content (AvgIpc) is 2.85. The highest BCUT2D eigenvalue weighted by molar-refractivity contribution is 5.39. The Morgan fingerprint density at radius 3 is 2.70 bits per heavy atom. The van der Waals surface area contributed by atoms with E-state index in [0.717, 1.165) is 5.92 Å². The number of rotatable bonds is 1. The zero-order valence-electron chi connectivity index (χ0n) is 12.8. The number of hydrogen-bond donors (Lipinski definition) is 0. The Morgan fingerprint density at radius 2 is 1.85 bits per heavy atom. The molecule has 2 aliphatic carbocycles. The van der Waals surface area contributed by atoms with E-state index >= 15 is 0 Å². The van der Waals surface area contributed by atoms with E-state index in [1.54, 1.807) is 11.1 Å². The first kappa shape index (κ1) is 12.9. The molecule has 1 saturated heterocycles. The molecule has 2 atom stereocenters. The second-order valence-electron chi connectivity index (χ2n) is 7.43. The van der Waals surface area contributed by atoms with Crippen LogP contribution in [0.4, 0.5) is 0 Å². The molecular formula is C19H27N. The van der Waals surface area contributed by atoms with Crippen LogP contribution in [-0.4, -0.2) is 18.5 Å². The van der Waals surface area contributed by atoms with Crippen molar-refractivity contribution >= 4 is 0 Å². The second-order valence-corrected chi connectivity index (χ2v) is 7.43. The standard InChI is InChI=1S/C19H27N/c1-20-13-7-12-19(16-9-3-2-4-10-16)14-15-8-5-6-11-17(15)18(19)20/h5-6,8,11,16,18H,2-4,7,9-10,12-14H2,1H3/t18-,19-/m1/s1. The summed E-state index contributed by atoms with van der Waals surface area (Å²) in [6.07, 6.45) is 11.6. The normalized spacial score (nSPS) is 34.8. The predicted molar refractivity (Wildman–Crippen MR) is 83.8 cm³/mol. The first-order chi connectivity index (χ1) is 9.81. The highest BCUT2D eigenvalue weighted by Gasteiger charge is 2.53. The molecule has 4 rings (SSSR count). The summed E-state index contributed by atoms with van der Waals surface area (Å²) >= 11 is 0. The van der Waals surface area contributed by atoms with E-state index in [1.165, 1.54) is 57.9 Å². The molecule has 20 heavy (non-hydrogen) atoms. The van der Waals surface area contributed by atoms with E-state index in [-0.39, 0.29) is 0 Å². The lowest BCUT2D eigenvalue weighted by atomic mass is 9.61. The van der Waals surface area contributed by atoms with E-state index in [9.17, 15) is 0 Å². The summed E-state index contributed by atoms with van der Waals surface area (Å²) < 4.78 is 0. The molecule has 0 bridgehead atoms. The van der Waals surface area contributed by atoms with Gasteiger partial charge in [0.2, 0.25) is 0 Å². The van der Waals surface area contributed by atoms with Gasteiger partial charge in [0.25, 0.3) is 0 Å². The third-order valence-corrected chi connectivity index (χ3v) is 6.43. The smallest absolute Gasteiger partial charge is 0.0409 e. The topological polar surface area (TPSA) is 3.24 Å². The fourth-order valence-electron chi connectivity index (χ4n) is 5.66. The molecule has 108 valence electrons. The minimum atomic E-state index is 0.567. The summed E-state index contributed by atoms with van der Waals surface area (Å²) in [4.78, 5) is 2.67. The van der Waals surface area contributed by atoms with E-state index < -0.39 is 0 Å². The van der Waals surface area contributed by atoms with Gasteiger partial charge in [-0.25, -0.2) is 0 Å². The molecule has 3 aliphatic rings. The molecule has 0 aromatic heterocycles. The molecule has 2 fully saturated rings. The fraction of sp³-hybridized carbons (Fsp3) is 0.684. The van der Waals surface area contributed by atoms with Gasteiger partial charge in [-0.3, -0.25) is 4.90 Å². The largest absolute Gasteiger partial charge is 0.299 e. The maximum atomic E-state index is 2.67.